The molecule has 1 aromatic rings. The number of rotatable bonds is 3. The molecule has 1 aromatic heterocycles. The van der Waals surface area contributed by atoms with Crippen LogP contribution in [0.5, 0.6) is 0 Å². The maximum atomic E-state index is 10.5. The van der Waals surface area contributed by atoms with Crippen LogP contribution in [-0.4, -0.2) is 41.8 Å². The fourth-order valence-corrected chi connectivity index (χ4v) is 2.60. The van der Waals surface area contributed by atoms with E-state index in [0.29, 0.717) is 17.8 Å². The summed E-state index contributed by atoms with van der Waals surface area (Å²) >= 11 is 1.41. The molecule has 15 heavy (non-hydrogen) atoms. The van der Waals surface area contributed by atoms with Crippen LogP contribution in [0.4, 0.5) is 5.00 Å². The topological polar surface area (TPSA) is 60.8 Å². The molecule has 0 aliphatic carbocycles. The summed E-state index contributed by atoms with van der Waals surface area (Å²) < 4.78 is 0. The van der Waals surface area contributed by atoms with Crippen LogP contribution in [0.1, 0.15) is 16.1 Å². The number of hydrogen-bond donors (Lipinski definition) is 2. The number of thiophene rings is 1. The van der Waals surface area contributed by atoms with Gasteiger partial charge in [-0.25, -0.2) is 0 Å². The SMILES string of the molecule is O=Cc1ccc(N2CCC(O)(CO)C2)s1. The van der Waals surface area contributed by atoms with Gasteiger partial charge < -0.3 is 15.1 Å². The number of anilines is 1. The Morgan fingerprint density at radius 3 is 2.93 bits per heavy atom. The number of aldehydes is 1. The van der Waals surface area contributed by atoms with Crippen molar-refractivity contribution in [3.63, 3.8) is 0 Å². The second kappa shape index (κ2) is 3.92. The summed E-state index contributed by atoms with van der Waals surface area (Å²) in [5.41, 5.74) is -0.981. The summed E-state index contributed by atoms with van der Waals surface area (Å²) in [6, 6.07) is 3.64. The lowest BCUT2D eigenvalue weighted by Gasteiger charge is -2.20. The van der Waals surface area contributed by atoms with Crippen LogP contribution in [0.15, 0.2) is 12.1 Å². The first kappa shape index (κ1) is 10.6. The Labute approximate surface area is 91.8 Å². The van der Waals surface area contributed by atoms with Crippen LogP contribution >= 0.6 is 11.3 Å². The Morgan fingerprint density at radius 2 is 2.40 bits per heavy atom. The maximum Gasteiger partial charge on any atom is 0.160 e. The fraction of sp³-hybridized carbons (Fsp3) is 0.500. The highest BCUT2D eigenvalue weighted by molar-refractivity contribution is 7.17. The van der Waals surface area contributed by atoms with Crippen LogP contribution in [0.2, 0.25) is 0 Å². The normalized spacial score (nSPS) is 25.9. The van der Waals surface area contributed by atoms with Crippen molar-refractivity contribution < 1.29 is 15.0 Å². The zero-order valence-electron chi connectivity index (χ0n) is 8.22. The number of β-amino-alcohol motifs (C(OH)–C–C–N with tert-alkyl or cyclic N) is 1. The Balaban J connectivity index is 2.10. The first-order valence-corrected chi connectivity index (χ1v) is 5.62. The maximum absolute atomic E-state index is 10.5. The number of carbonyl (C=O) groups excluding carboxylic acids is 1. The van der Waals surface area contributed by atoms with Crippen molar-refractivity contribution in [2.24, 2.45) is 0 Å². The molecule has 1 aliphatic heterocycles. The predicted octanol–water partition coefficient (Wildman–Crippen LogP) is 0.494. The molecule has 1 atom stereocenters. The van der Waals surface area contributed by atoms with Gasteiger partial charge in [-0.3, -0.25) is 4.79 Å². The van der Waals surface area contributed by atoms with E-state index in [9.17, 15) is 9.90 Å². The number of aliphatic hydroxyl groups excluding tert-OH is 1. The molecule has 1 saturated heterocycles. The van der Waals surface area contributed by atoms with Gasteiger partial charge in [0.05, 0.1) is 16.5 Å². The van der Waals surface area contributed by atoms with Gasteiger partial charge in [-0.2, -0.15) is 0 Å². The van der Waals surface area contributed by atoms with E-state index < -0.39 is 5.60 Å². The monoisotopic (exact) mass is 227 g/mol. The molecule has 1 aliphatic rings. The van der Waals surface area contributed by atoms with Crippen molar-refractivity contribution in [1.82, 2.24) is 0 Å². The molecule has 4 nitrogen and oxygen atoms in total. The third-order valence-corrected chi connectivity index (χ3v) is 3.74. The fourth-order valence-electron chi connectivity index (χ4n) is 1.75. The Bertz CT molecular complexity index is 365. The van der Waals surface area contributed by atoms with Crippen LogP contribution in [0, 0.1) is 0 Å². The summed E-state index contributed by atoms with van der Waals surface area (Å²) in [5, 5.41) is 19.8. The van der Waals surface area contributed by atoms with Gasteiger partial charge in [0.2, 0.25) is 0 Å². The minimum absolute atomic E-state index is 0.213. The summed E-state index contributed by atoms with van der Waals surface area (Å²) in [7, 11) is 0. The zero-order valence-corrected chi connectivity index (χ0v) is 9.04. The Hall–Kier alpha value is -0.910. The first-order valence-electron chi connectivity index (χ1n) is 4.80. The largest absolute Gasteiger partial charge is 0.393 e. The molecule has 5 heteroatoms. The molecule has 1 fully saturated rings. The molecular formula is C10H13NO3S. The Kier molecular flexibility index (Phi) is 2.77. The molecule has 0 spiro atoms. The minimum atomic E-state index is -0.981. The van der Waals surface area contributed by atoms with Crippen molar-refractivity contribution in [3.8, 4) is 0 Å². The van der Waals surface area contributed by atoms with Gasteiger partial charge >= 0.3 is 0 Å². The Morgan fingerprint density at radius 1 is 1.60 bits per heavy atom. The van der Waals surface area contributed by atoms with Crippen LogP contribution < -0.4 is 4.90 Å². The molecule has 1 unspecified atom stereocenters. The van der Waals surface area contributed by atoms with E-state index in [1.54, 1.807) is 6.07 Å². The lowest BCUT2D eigenvalue weighted by Crippen LogP contribution is -2.36. The number of nitrogens with zero attached hydrogens (tertiary/aromatic N) is 1. The van der Waals surface area contributed by atoms with E-state index in [1.165, 1.54) is 11.3 Å². The van der Waals surface area contributed by atoms with Crippen LogP contribution in [-0.2, 0) is 0 Å². The third-order valence-electron chi connectivity index (χ3n) is 2.67. The van der Waals surface area contributed by atoms with E-state index in [2.05, 4.69) is 0 Å². The molecule has 0 amide bonds. The second-order valence-electron chi connectivity index (χ2n) is 3.85. The smallest absolute Gasteiger partial charge is 0.160 e. The molecule has 82 valence electrons. The summed E-state index contributed by atoms with van der Waals surface area (Å²) in [6.07, 6.45) is 1.39. The molecule has 0 radical (unpaired) electrons. The number of hydrogen-bond acceptors (Lipinski definition) is 5. The molecule has 2 heterocycles. The highest BCUT2D eigenvalue weighted by atomic mass is 32.1. The highest BCUT2D eigenvalue weighted by Gasteiger charge is 2.35. The van der Waals surface area contributed by atoms with Crippen LogP contribution in [0.25, 0.3) is 0 Å². The molecule has 2 N–H and O–H groups in total. The number of aliphatic hydroxyl groups is 2. The number of carbonyl (C=O) groups is 1. The standard InChI is InChI=1S/C10H13NO3S/c12-5-8-1-2-9(15-8)11-4-3-10(14,6-11)7-13/h1-2,5,13-14H,3-4,6-7H2. The van der Waals surface area contributed by atoms with Gasteiger partial charge in [-0.1, -0.05) is 0 Å². The highest BCUT2D eigenvalue weighted by Crippen LogP contribution is 2.31. The minimum Gasteiger partial charge on any atom is -0.393 e. The lowest BCUT2D eigenvalue weighted by molar-refractivity contribution is 0.00479. The molecule has 2 rings (SSSR count). The van der Waals surface area contributed by atoms with Crippen molar-refractivity contribution in [2.75, 3.05) is 24.6 Å². The van der Waals surface area contributed by atoms with Gasteiger partial charge in [0.1, 0.15) is 5.60 Å². The van der Waals surface area contributed by atoms with Crippen molar-refractivity contribution >= 4 is 22.6 Å². The molecule has 0 saturated carbocycles. The van der Waals surface area contributed by atoms with Crippen LogP contribution in [0.3, 0.4) is 0 Å². The van der Waals surface area contributed by atoms with Gasteiger partial charge in [-0.05, 0) is 18.6 Å². The molecular weight excluding hydrogens is 214 g/mol. The average Bonchev–Trinajstić information content (AvgIpc) is 2.84. The third kappa shape index (κ3) is 2.04. The van der Waals surface area contributed by atoms with E-state index in [0.717, 1.165) is 17.8 Å². The van der Waals surface area contributed by atoms with E-state index in [-0.39, 0.29) is 6.61 Å². The second-order valence-corrected chi connectivity index (χ2v) is 4.94. The summed E-state index contributed by atoms with van der Waals surface area (Å²) in [4.78, 5) is 13.2. The quantitative estimate of drug-likeness (QED) is 0.738. The van der Waals surface area contributed by atoms with Gasteiger partial charge in [-0.15, -0.1) is 11.3 Å². The molecule has 0 bridgehead atoms. The van der Waals surface area contributed by atoms with E-state index in [4.69, 9.17) is 5.11 Å². The van der Waals surface area contributed by atoms with E-state index >= 15 is 0 Å². The zero-order chi connectivity index (χ0) is 10.9. The summed E-state index contributed by atoms with van der Waals surface area (Å²) in [5.74, 6) is 0. The predicted molar refractivity (Wildman–Crippen MR) is 58.6 cm³/mol. The molecule has 0 aromatic carbocycles. The lowest BCUT2D eigenvalue weighted by atomic mass is 10.1. The van der Waals surface area contributed by atoms with Gasteiger partial charge in [0, 0.05) is 13.1 Å². The first-order chi connectivity index (χ1) is 7.17. The van der Waals surface area contributed by atoms with Crippen molar-refractivity contribution in [1.29, 1.82) is 0 Å². The average molecular weight is 227 g/mol. The van der Waals surface area contributed by atoms with Crippen molar-refractivity contribution in [3.05, 3.63) is 17.0 Å². The van der Waals surface area contributed by atoms with Crippen molar-refractivity contribution in [2.45, 2.75) is 12.0 Å². The van der Waals surface area contributed by atoms with E-state index in [1.807, 2.05) is 11.0 Å². The van der Waals surface area contributed by atoms with Gasteiger partial charge in [0.25, 0.3) is 0 Å². The summed E-state index contributed by atoms with van der Waals surface area (Å²) in [6.45, 7) is 0.938. The van der Waals surface area contributed by atoms with Gasteiger partial charge in [0.15, 0.2) is 6.29 Å².